The Bertz CT molecular complexity index is 1030. The minimum absolute atomic E-state index is 0.0628. The Morgan fingerprint density at radius 2 is 1.79 bits per heavy atom. The third-order valence-electron chi connectivity index (χ3n) is 6.69. The van der Waals surface area contributed by atoms with Gasteiger partial charge in [0.05, 0.1) is 13.0 Å². The van der Waals surface area contributed by atoms with Gasteiger partial charge >= 0.3 is 0 Å². The number of hydrogen-bond donors (Lipinski definition) is 1. The van der Waals surface area contributed by atoms with E-state index in [0.29, 0.717) is 44.5 Å². The number of carbonyl (C=O) groups excluding carboxylic acids is 3. The van der Waals surface area contributed by atoms with Crippen LogP contribution in [0.1, 0.15) is 47.7 Å². The number of nitrogens with one attached hydrogen (secondary N) is 1. The Balaban J connectivity index is 1.53. The lowest BCUT2D eigenvalue weighted by Gasteiger charge is -2.44. The van der Waals surface area contributed by atoms with E-state index in [9.17, 15) is 14.4 Å². The van der Waals surface area contributed by atoms with E-state index in [1.807, 2.05) is 67.3 Å². The van der Waals surface area contributed by atoms with Crippen molar-refractivity contribution in [2.24, 2.45) is 0 Å². The van der Waals surface area contributed by atoms with Crippen LogP contribution in [0.15, 0.2) is 54.6 Å². The van der Waals surface area contributed by atoms with Crippen LogP contribution in [-0.4, -0.2) is 65.5 Å². The molecule has 1 spiro atoms. The summed E-state index contributed by atoms with van der Waals surface area (Å²) in [6, 6.07) is 16.4. The Labute approximate surface area is 201 Å². The number of nitrogens with zero attached hydrogens (tertiary/aromatic N) is 2. The van der Waals surface area contributed by atoms with Gasteiger partial charge in [0.2, 0.25) is 11.8 Å². The summed E-state index contributed by atoms with van der Waals surface area (Å²) in [6.45, 7) is 5.60. The van der Waals surface area contributed by atoms with Crippen molar-refractivity contribution in [3.8, 4) is 0 Å². The summed E-state index contributed by atoms with van der Waals surface area (Å²) in [7, 11) is 0. The second kappa shape index (κ2) is 10.4. The van der Waals surface area contributed by atoms with E-state index in [-0.39, 0.29) is 24.3 Å². The number of piperidine rings is 1. The molecule has 2 aromatic rings. The van der Waals surface area contributed by atoms with E-state index < -0.39 is 11.8 Å². The van der Waals surface area contributed by atoms with Crippen molar-refractivity contribution in [3.05, 3.63) is 71.3 Å². The summed E-state index contributed by atoms with van der Waals surface area (Å²) in [5.74, 6) is -0.336. The highest BCUT2D eigenvalue weighted by Crippen LogP contribution is 2.38. The number of likely N-dealkylation sites (tertiary alicyclic amines) is 1. The fourth-order valence-electron chi connectivity index (χ4n) is 4.84. The maximum absolute atomic E-state index is 13.7. The molecule has 1 atom stereocenters. The molecule has 4 rings (SSSR count). The quantitative estimate of drug-likeness (QED) is 0.715. The van der Waals surface area contributed by atoms with Gasteiger partial charge in [-0.2, -0.15) is 0 Å². The highest BCUT2D eigenvalue weighted by atomic mass is 16.5. The van der Waals surface area contributed by atoms with Crippen LogP contribution in [0, 0.1) is 6.92 Å². The molecule has 2 aliphatic heterocycles. The fraction of sp³-hybridized carbons (Fsp3) is 0.444. The Kier molecular flexibility index (Phi) is 7.32. The Hall–Kier alpha value is -3.19. The fourth-order valence-corrected chi connectivity index (χ4v) is 4.84. The van der Waals surface area contributed by atoms with Crippen molar-refractivity contribution in [3.63, 3.8) is 0 Å². The van der Waals surface area contributed by atoms with E-state index in [1.165, 1.54) is 0 Å². The van der Waals surface area contributed by atoms with Crippen LogP contribution in [-0.2, 0) is 20.7 Å². The maximum Gasteiger partial charge on any atom is 0.256 e. The van der Waals surface area contributed by atoms with Gasteiger partial charge in [0.1, 0.15) is 11.8 Å². The second-order valence-electron chi connectivity index (χ2n) is 9.15. The Morgan fingerprint density at radius 1 is 1.06 bits per heavy atom. The first-order valence-electron chi connectivity index (χ1n) is 12.1. The first kappa shape index (κ1) is 24.0. The number of ether oxygens (including phenoxy) is 1. The van der Waals surface area contributed by atoms with E-state index in [1.54, 1.807) is 11.0 Å². The van der Waals surface area contributed by atoms with Crippen LogP contribution in [0.2, 0.25) is 0 Å². The molecule has 0 saturated carbocycles. The van der Waals surface area contributed by atoms with Gasteiger partial charge in [-0.15, -0.1) is 0 Å². The molecule has 0 unspecified atom stereocenters. The highest BCUT2D eigenvalue weighted by Gasteiger charge is 2.54. The lowest BCUT2D eigenvalue weighted by molar-refractivity contribution is -0.143. The highest BCUT2D eigenvalue weighted by molar-refractivity contribution is 5.98. The van der Waals surface area contributed by atoms with Gasteiger partial charge < -0.3 is 15.0 Å². The van der Waals surface area contributed by atoms with Gasteiger partial charge in [-0.05, 0) is 31.0 Å². The zero-order chi connectivity index (χ0) is 24.1. The summed E-state index contributed by atoms with van der Waals surface area (Å²) in [5, 5.41) is 2.92. The molecule has 1 N–H and O–H groups in total. The lowest BCUT2D eigenvalue weighted by Crippen LogP contribution is -2.60. The third kappa shape index (κ3) is 4.99. The molecule has 0 aliphatic carbocycles. The number of aryl methyl sites for hydroxylation is 1. The molecule has 7 nitrogen and oxygen atoms in total. The molecule has 0 aromatic heterocycles. The van der Waals surface area contributed by atoms with Gasteiger partial charge in [0.15, 0.2) is 0 Å². The van der Waals surface area contributed by atoms with E-state index in [4.69, 9.17) is 4.74 Å². The zero-order valence-electron chi connectivity index (χ0n) is 20.0. The summed E-state index contributed by atoms with van der Waals surface area (Å²) in [6.07, 6.45) is 2.11. The van der Waals surface area contributed by atoms with Crippen molar-refractivity contribution in [1.82, 2.24) is 15.1 Å². The molecule has 3 amide bonds. The first-order chi connectivity index (χ1) is 16.4. The standard InChI is InChI=1S/C27H33N3O4/c1-3-14-28-25(32)23-19-34-27(30(23)26(33)22-11-7-8-20(2)17-22)12-15-29(16-13-27)24(31)18-21-9-5-4-6-10-21/h4-11,17,23H,3,12-16,18-19H2,1-2H3,(H,28,32)/t23-/m1/s1. The van der Waals surface area contributed by atoms with Crippen molar-refractivity contribution < 1.29 is 19.1 Å². The topological polar surface area (TPSA) is 79.0 Å². The predicted octanol–water partition coefficient (Wildman–Crippen LogP) is 2.92. The molecule has 180 valence electrons. The molecular formula is C27H33N3O4. The number of carbonyl (C=O) groups is 3. The van der Waals surface area contributed by atoms with Gasteiger partial charge in [-0.1, -0.05) is 55.0 Å². The number of rotatable bonds is 6. The van der Waals surface area contributed by atoms with Gasteiger partial charge in [-0.3, -0.25) is 19.3 Å². The second-order valence-corrected chi connectivity index (χ2v) is 9.15. The largest absolute Gasteiger partial charge is 0.354 e. The minimum atomic E-state index is -0.890. The van der Waals surface area contributed by atoms with Crippen LogP contribution >= 0.6 is 0 Å². The average molecular weight is 464 g/mol. The summed E-state index contributed by atoms with van der Waals surface area (Å²) in [4.78, 5) is 43.0. The third-order valence-corrected chi connectivity index (χ3v) is 6.69. The number of hydrogen-bond acceptors (Lipinski definition) is 4. The Morgan fingerprint density at radius 3 is 2.47 bits per heavy atom. The number of benzene rings is 2. The zero-order valence-corrected chi connectivity index (χ0v) is 20.0. The molecular weight excluding hydrogens is 430 g/mol. The minimum Gasteiger partial charge on any atom is -0.354 e. The molecule has 0 radical (unpaired) electrons. The van der Waals surface area contributed by atoms with Gasteiger partial charge in [0.25, 0.3) is 5.91 Å². The van der Waals surface area contributed by atoms with E-state index in [2.05, 4.69) is 5.32 Å². The molecule has 2 heterocycles. The lowest BCUT2D eigenvalue weighted by atomic mass is 9.96. The summed E-state index contributed by atoms with van der Waals surface area (Å²) >= 11 is 0. The van der Waals surface area contributed by atoms with Crippen molar-refractivity contribution in [1.29, 1.82) is 0 Å². The van der Waals surface area contributed by atoms with Crippen molar-refractivity contribution in [2.45, 2.75) is 51.3 Å². The molecule has 2 fully saturated rings. The van der Waals surface area contributed by atoms with Gasteiger partial charge in [0, 0.05) is 38.0 Å². The van der Waals surface area contributed by atoms with Crippen LogP contribution in [0.25, 0.3) is 0 Å². The van der Waals surface area contributed by atoms with Crippen LogP contribution < -0.4 is 5.32 Å². The molecule has 2 aliphatic rings. The van der Waals surface area contributed by atoms with Crippen LogP contribution in [0.4, 0.5) is 0 Å². The maximum atomic E-state index is 13.7. The monoisotopic (exact) mass is 463 g/mol. The molecule has 2 aromatic carbocycles. The average Bonchev–Trinajstić information content (AvgIpc) is 3.21. The number of amides is 3. The molecule has 2 saturated heterocycles. The van der Waals surface area contributed by atoms with E-state index >= 15 is 0 Å². The molecule has 7 heteroatoms. The predicted molar refractivity (Wildman–Crippen MR) is 129 cm³/mol. The normalized spacial score (nSPS) is 19.3. The molecule has 0 bridgehead atoms. The van der Waals surface area contributed by atoms with E-state index in [0.717, 1.165) is 17.5 Å². The van der Waals surface area contributed by atoms with Crippen LogP contribution in [0.5, 0.6) is 0 Å². The summed E-state index contributed by atoms with van der Waals surface area (Å²) in [5.41, 5.74) is 1.61. The van der Waals surface area contributed by atoms with Crippen molar-refractivity contribution in [2.75, 3.05) is 26.2 Å². The smallest absolute Gasteiger partial charge is 0.256 e. The van der Waals surface area contributed by atoms with Gasteiger partial charge in [-0.25, -0.2) is 0 Å². The molecule has 34 heavy (non-hydrogen) atoms. The first-order valence-corrected chi connectivity index (χ1v) is 12.1. The van der Waals surface area contributed by atoms with Crippen LogP contribution in [0.3, 0.4) is 0 Å². The summed E-state index contributed by atoms with van der Waals surface area (Å²) < 4.78 is 6.23. The van der Waals surface area contributed by atoms with Crippen molar-refractivity contribution >= 4 is 17.7 Å². The SMILES string of the molecule is CCCNC(=O)[C@H]1COC2(CCN(C(=O)Cc3ccccc3)CC2)N1C(=O)c1cccc(C)c1.